The first-order valence-electron chi connectivity index (χ1n) is 6.89. The van der Waals surface area contributed by atoms with Crippen LogP contribution in [-0.2, 0) is 21.2 Å². The van der Waals surface area contributed by atoms with E-state index in [2.05, 4.69) is 0 Å². The van der Waals surface area contributed by atoms with Gasteiger partial charge in [-0.2, -0.15) is 4.31 Å². The first kappa shape index (κ1) is 15.9. The average Bonchev–Trinajstić information content (AvgIpc) is 2.95. The number of aryl methyl sites for hydroxylation is 1. The predicted molar refractivity (Wildman–Crippen MR) is 78.5 cm³/mol. The first-order chi connectivity index (χ1) is 9.57. The Labute approximate surface area is 124 Å². The highest BCUT2D eigenvalue weighted by atomic mass is 32.2. The maximum atomic E-state index is 12.5. The molecule has 1 N–H and O–H groups in total. The first-order valence-corrected chi connectivity index (χ1v) is 9.15. The number of rotatable bonds is 6. The second-order valence-corrected chi connectivity index (χ2v) is 8.11. The highest BCUT2D eigenvalue weighted by molar-refractivity contribution is 7.91. The minimum Gasteiger partial charge on any atom is -0.394 e. The van der Waals surface area contributed by atoms with Crippen molar-refractivity contribution < 1.29 is 18.3 Å². The number of nitrogens with zero attached hydrogens (tertiary/aromatic N) is 1. The Bertz CT molecular complexity index is 518. The zero-order valence-electron chi connectivity index (χ0n) is 11.6. The second-order valence-electron chi connectivity index (χ2n) is 4.77. The van der Waals surface area contributed by atoms with Gasteiger partial charge in [0.1, 0.15) is 4.21 Å². The molecule has 1 fully saturated rings. The highest BCUT2D eigenvalue weighted by Gasteiger charge is 2.30. The number of piperidine rings is 1. The molecule has 114 valence electrons. The lowest BCUT2D eigenvalue weighted by atomic mass is 10.1. The number of ether oxygens (including phenoxy) is 1. The zero-order valence-corrected chi connectivity index (χ0v) is 13.3. The summed E-state index contributed by atoms with van der Waals surface area (Å²) < 4.78 is 32.4. The molecular weight excluding hydrogens is 298 g/mol. The van der Waals surface area contributed by atoms with Crippen molar-refractivity contribution in [3.05, 3.63) is 17.0 Å². The van der Waals surface area contributed by atoms with E-state index in [0.717, 1.165) is 11.3 Å². The van der Waals surface area contributed by atoms with Gasteiger partial charge in [0.25, 0.3) is 10.0 Å². The molecule has 0 aliphatic carbocycles. The van der Waals surface area contributed by atoms with E-state index in [9.17, 15) is 8.42 Å². The number of thiophene rings is 1. The lowest BCUT2D eigenvalue weighted by molar-refractivity contribution is 0.00320. The van der Waals surface area contributed by atoms with Crippen molar-refractivity contribution in [2.24, 2.45) is 0 Å². The molecule has 1 aliphatic rings. The van der Waals surface area contributed by atoms with E-state index in [4.69, 9.17) is 9.84 Å². The van der Waals surface area contributed by atoms with Crippen LogP contribution in [-0.4, -0.2) is 50.2 Å². The number of sulfonamides is 1. The molecule has 7 heteroatoms. The van der Waals surface area contributed by atoms with Gasteiger partial charge in [-0.15, -0.1) is 11.3 Å². The molecule has 2 heterocycles. The number of aliphatic hydroxyl groups is 1. The van der Waals surface area contributed by atoms with Gasteiger partial charge >= 0.3 is 0 Å². The van der Waals surface area contributed by atoms with Crippen molar-refractivity contribution in [2.45, 2.75) is 36.5 Å². The second kappa shape index (κ2) is 7.00. The van der Waals surface area contributed by atoms with E-state index < -0.39 is 10.0 Å². The van der Waals surface area contributed by atoms with E-state index in [0.29, 0.717) is 36.7 Å². The number of aliphatic hydroxyl groups excluding tert-OH is 1. The smallest absolute Gasteiger partial charge is 0.252 e. The third kappa shape index (κ3) is 3.59. The molecule has 0 spiro atoms. The molecule has 1 aromatic rings. The van der Waals surface area contributed by atoms with Crippen LogP contribution in [0.15, 0.2) is 16.3 Å². The van der Waals surface area contributed by atoms with Crippen molar-refractivity contribution >= 4 is 21.4 Å². The Morgan fingerprint density at radius 3 is 2.65 bits per heavy atom. The largest absolute Gasteiger partial charge is 0.394 e. The maximum Gasteiger partial charge on any atom is 0.252 e. The van der Waals surface area contributed by atoms with Crippen LogP contribution in [0.4, 0.5) is 0 Å². The van der Waals surface area contributed by atoms with Gasteiger partial charge in [0.2, 0.25) is 0 Å². The maximum absolute atomic E-state index is 12.5. The van der Waals surface area contributed by atoms with Crippen molar-refractivity contribution in [1.29, 1.82) is 0 Å². The van der Waals surface area contributed by atoms with Crippen LogP contribution in [0.25, 0.3) is 0 Å². The molecule has 0 saturated carbocycles. The fourth-order valence-electron chi connectivity index (χ4n) is 2.27. The average molecular weight is 319 g/mol. The summed E-state index contributed by atoms with van der Waals surface area (Å²) in [7, 11) is -3.35. The molecule has 1 saturated heterocycles. The molecule has 0 amide bonds. The summed E-state index contributed by atoms with van der Waals surface area (Å²) in [4.78, 5) is 1.09. The van der Waals surface area contributed by atoms with Gasteiger partial charge in [-0.25, -0.2) is 8.42 Å². The third-order valence-electron chi connectivity index (χ3n) is 3.43. The summed E-state index contributed by atoms with van der Waals surface area (Å²) in [5, 5.41) is 8.72. The zero-order chi connectivity index (χ0) is 14.6. The molecule has 0 atom stereocenters. The molecule has 20 heavy (non-hydrogen) atoms. The minimum absolute atomic E-state index is 0.00744. The van der Waals surface area contributed by atoms with E-state index in [1.807, 2.05) is 13.0 Å². The standard InChI is InChI=1S/C13H21NO4S2/c1-2-12-3-4-13(19-12)20(16,17)14-7-5-11(6-8-14)18-10-9-15/h3-4,11,15H,2,5-10H2,1H3. The highest BCUT2D eigenvalue weighted by Crippen LogP contribution is 2.27. The fraction of sp³-hybridized carbons (Fsp3) is 0.692. The van der Waals surface area contributed by atoms with Gasteiger partial charge in [0, 0.05) is 18.0 Å². The van der Waals surface area contributed by atoms with Gasteiger partial charge in [-0.3, -0.25) is 0 Å². The van der Waals surface area contributed by atoms with E-state index in [1.165, 1.54) is 15.6 Å². The van der Waals surface area contributed by atoms with Crippen LogP contribution < -0.4 is 0 Å². The van der Waals surface area contributed by atoms with Crippen LogP contribution in [0.5, 0.6) is 0 Å². The summed E-state index contributed by atoms with van der Waals surface area (Å²) in [5.41, 5.74) is 0. The van der Waals surface area contributed by atoms with Crippen molar-refractivity contribution in [1.82, 2.24) is 4.31 Å². The van der Waals surface area contributed by atoms with E-state index in [-0.39, 0.29) is 12.7 Å². The summed E-state index contributed by atoms with van der Waals surface area (Å²) in [6.07, 6.45) is 2.29. The van der Waals surface area contributed by atoms with Gasteiger partial charge in [0.05, 0.1) is 19.3 Å². The normalized spacial score (nSPS) is 18.5. The van der Waals surface area contributed by atoms with Crippen molar-refractivity contribution in [3.63, 3.8) is 0 Å². The molecule has 0 aromatic carbocycles. The number of hydrogen-bond acceptors (Lipinski definition) is 5. The lowest BCUT2D eigenvalue weighted by Crippen LogP contribution is -2.40. The monoisotopic (exact) mass is 319 g/mol. The third-order valence-corrected chi connectivity index (χ3v) is 7.02. The van der Waals surface area contributed by atoms with E-state index in [1.54, 1.807) is 6.07 Å². The molecule has 0 bridgehead atoms. The van der Waals surface area contributed by atoms with Gasteiger partial charge in [0.15, 0.2) is 0 Å². The summed E-state index contributed by atoms with van der Waals surface area (Å²) in [6.45, 7) is 3.32. The summed E-state index contributed by atoms with van der Waals surface area (Å²) in [6, 6.07) is 3.59. The summed E-state index contributed by atoms with van der Waals surface area (Å²) >= 11 is 1.35. The Balaban J connectivity index is 1.98. The molecule has 2 rings (SSSR count). The fourth-order valence-corrected chi connectivity index (χ4v) is 5.19. The van der Waals surface area contributed by atoms with E-state index >= 15 is 0 Å². The number of hydrogen-bond donors (Lipinski definition) is 1. The molecule has 0 unspecified atom stereocenters. The Kier molecular flexibility index (Phi) is 5.57. The molecular formula is C13H21NO4S2. The van der Waals surface area contributed by atoms with Crippen molar-refractivity contribution in [2.75, 3.05) is 26.3 Å². The minimum atomic E-state index is -3.35. The quantitative estimate of drug-likeness (QED) is 0.862. The van der Waals surface area contributed by atoms with Crippen LogP contribution in [0.2, 0.25) is 0 Å². The van der Waals surface area contributed by atoms with Crippen LogP contribution >= 0.6 is 11.3 Å². The van der Waals surface area contributed by atoms with Crippen LogP contribution in [0.3, 0.4) is 0 Å². The van der Waals surface area contributed by atoms with Crippen LogP contribution in [0.1, 0.15) is 24.6 Å². The molecule has 5 nitrogen and oxygen atoms in total. The Hall–Kier alpha value is -0.470. The Morgan fingerprint density at radius 2 is 2.10 bits per heavy atom. The van der Waals surface area contributed by atoms with Crippen LogP contribution in [0, 0.1) is 0 Å². The molecule has 1 aliphatic heterocycles. The van der Waals surface area contributed by atoms with Gasteiger partial charge in [-0.05, 0) is 31.4 Å². The summed E-state index contributed by atoms with van der Waals surface area (Å²) in [5.74, 6) is 0. The lowest BCUT2D eigenvalue weighted by Gasteiger charge is -2.30. The van der Waals surface area contributed by atoms with Crippen molar-refractivity contribution in [3.8, 4) is 0 Å². The Morgan fingerprint density at radius 1 is 1.40 bits per heavy atom. The topological polar surface area (TPSA) is 66.8 Å². The molecule has 0 radical (unpaired) electrons. The van der Waals surface area contributed by atoms with Gasteiger partial charge < -0.3 is 9.84 Å². The SMILES string of the molecule is CCc1ccc(S(=O)(=O)N2CCC(OCCO)CC2)s1. The molecule has 1 aromatic heterocycles. The predicted octanol–water partition coefficient (Wildman–Crippen LogP) is 1.47. The van der Waals surface area contributed by atoms with Gasteiger partial charge in [-0.1, -0.05) is 6.92 Å².